The van der Waals surface area contributed by atoms with Gasteiger partial charge in [0.25, 0.3) is 5.91 Å². The first-order chi connectivity index (χ1) is 8.06. The van der Waals surface area contributed by atoms with Crippen LogP contribution in [0.2, 0.25) is 0 Å². The smallest absolute Gasteiger partial charge is 0.261 e. The number of rotatable bonds is 3. The second kappa shape index (κ2) is 5.32. The van der Waals surface area contributed by atoms with E-state index in [1.807, 2.05) is 6.92 Å². The first-order valence-corrected chi connectivity index (χ1v) is 7.11. The fraction of sp³-hybridized carbons (Fsp3) is 0.200. The van der Waals surface area contributed by atoms with Crippen LogP contribution in [0.5, 0.6) is 0 Å². The van der Waals surface area contributed by atoms with Crippen molar-refractivity contribution in [3.8, 4) is 0 Å². The van der Waals surface area contributed by atoms with Crippen molar-refractivity contribution in [2.45, 2.75) is 13.5 Å². The molecule has 2 rings (SSSR count). The maximum absolute atomic E-state index is 11.8. The predicted octanol–water partition coefficient (Wildman–Crippen LogP) is 3.50. The van der Waals surface area contributed by atoms with Gasteiger partial charge in [-0.15, -0.1) is 11.3 Å². The highest BCUT2D eigenvalue weighted by atomic mass is 79.9. The summed E-state index contributed by atoms with van der Waals surface area (Å²) in [5, 5.41) is 6.51. The van der Waals surface area contributed by atoms with E-state index in [0.717, 1.165) is 14.0 Å². The minimum atomic E-state index is -0.129. The summed E-state index contributed by atoms with van der Waals surface area (Å²) in [5.41, 5.74) is 0.802. The molecule has 0 atom stereocenters. The van der Waals surface area contributed by atoms with Gasteiger partial charge in [0, 0.05) is 10.5 Å². The zero-order chi connectivity index (χ0) is 12.4. The fourth-order valence-electron chi connectivity index (χ4n) is 1.21. The Balaban J connectivity index is 1.98. The van der Waals surface area contributed by atoms with Gasteiger partial charge in [-0.05, 0) is 44.8 Å². The third-order valence-corrected chi connectivity index (χ3v) is 5.22. The minimum absolute atomic E-state index is 0.129. The van der Waals surface area contributed by atoms with Crippen LogP contribution in [0.4, 0.5) is 0 Å². The number of aryl methyl sites for hydroxylation is 1. The monoisotopic (exact) mass is 378 g/mol. The molecule has 90 valence electrons. The molecule has 1 amide bonds. The number of carbonyl (C=O) groups excluding carboxylic acids is 1. The van der Waals surface area contributed by atoms with Crippen molar-refractivity contribution < 1.29 is 9.32 Å². The third kappa shape index (κ3) is 3.17. The SMILES string of the molecule is Cc1cc(CNC(=O)c2cc(Br)c(Br)s2)on1. The molecule has 1 N–H and O–H groups in total. The van der Waals surface area contributed by atoms with E-state index >= 15 is 0 Å². The molecule has 0 aliphatic heterocycles. The maximum atomic E-state index is 11.8. The third-order valence-electron chi connectivity index (χ3n) is 1.97. The average molecular weight is 380 g/mol. The Hall–Kier alpha value is -0.660. The summed E-state index contributed by atoms with van der Waals surface area (Å²) in [6, 6.07) is 3.57. The minimum Gasteiger partial charge on any atom is -0.359 e. The average Bonchev–Trinajstić information content (AvgIpc) is 2.83. The Morgan fingerprint density at radius 3 is 2.82 bits per heavy atom. The van der Waals surface area contributed by atoms with Gasteiger partial charge in [0.1, 0.15) is 0 Å². The second-order valence-electron chi connectivity index (χ2n) is 3.35. The molecule has 0 aliphatic rings. The normalized spacial score (nSPS) is 10.5. The van der Waals surface area contributed by atoms with Crippen LogP contribution in [-0.4, -0.2) is 11.1 Å². The van der Waals surface area contributed by atoms with Gasteiger partial charge < -0.3 is 9.84 Å². The Labute approximate surface area is 119 Å². The van der Waals surface area contributed by atoms with Gasteiger partial charge in [0.2, 0.25) is 0 Å². The Kier molecular flexibility index (Phi) is 4.01. The van der Waals surface area contributed by atoms with E-state index in [1.54, 1.807) is 12.1 Å². The highest BCUT2D eigenvalue weighted by molar-refractivity contribution is 9.13. The van der Waals surface area contributed by atoms with E-state index in [9.17, 15) is 4.79 Å². The summed E-state index contributed by atoms with van der Waals surface area (Å²) in [6.07, 6.45) is 0. The number of nitrogens with one attached hydrogen (secondary N) is 1. The van der Waals surface area contributed by atoms with Crippen molar-refractivity contribution in [2.24, 2.45) is 0 Å². The Bertz CT molecular complexity index is 531. The number of hydrogen-bond acceptors (Lipinski definition) is 4. The molecular formula is C10H8Br2N2O2S. The molecule has 0 radical (unpaired) electrons. The zero-order valence-electron chi connectivity index (χ0n) is 8.79. The van der Waals surface area contributed by atoms with Crippen molar-refractivity contribution >= 4 is 49.1 Å². The van der Waals surface area contributed by atoms with Crippen molar-refractivity contribution in [3.05, 3.63) is 36.7 Å². The van der Waals surface area contributed by atoms with Gasteiger partial charge in [-0.3, -0.25) is 4.79 Å². The van der Waals surface area contributed by atoms with Crippen LogP contribution in [0.15, 0.2) is 24.9 Å². The number of amides is 1. The molecule has 0 bridgehead atoms. The Morgan fingerprint density at radius 2 is 2.29 bits per heavy atom. The van der Waals surface area contributed by atoms with Crippen LogP contribution in [-0.2, 0) is 6.54 Å². The van der Waals surface area contributed by atoms with Crippen LogP contribution < -0.4 is 5.32 Å². The van der Waals surface area contributed by atoms with Gasteiger partial charge in [-0.2, -0.15) is 0 Å². The molecule has 0 unspecified atom stereocenters. The van der Waals surface area contributed by atoms with Crippen LogP contribution in [0.3, 0.4) is 0 Å². The molecule has 0 aliphatic carbocycles. The van der Waals surface area contributed by atoms with Gasteiger partial charge in [0.05, 0.1) is 20.9 Å². The second-order valence-corrected chi connectivity index (χ2v) is 6.57. The molecule has 0 spiro atoms. The summed E-state index contributed by atoms with van der Waals surface area (Å²) in [4.78, 5) is 12.4. The number of aromatic nitrogens is 1. The fourth-order valence-corrected chi connectivity index (χ4v) is 3.16. The van der Waals surface area contributed by atoms with Gasteiger partial charge in [-0.1, -0.05) is 5.16 Å². The predicted molar refractivity (Wildman–Crippen MR) is 72.1 cm³/mol. The molecule has 2 aromatic heterocycles. The number of thiophene rings is 1. The lowest BCUT2D eigenvalue weighted by atomic mass is 10.3. The van der Waals surface area contributed by atoms with Crippen molar-refractivity contribution in [3.63, 3.8) is 0 Å². The van der Waals surface area contributed by atoms with Gasteiger partial charge in [-0.25, -0.2) is 0 Å². The van der Waals surface area contributed by atoms with E-state index in [1.165, 1.54) is 11.3 Å². The molecular weight excluding hydrogens is 372 g/mol. The van der Waals surface area contributed by atoms with Crippen molar-refractivity contribution in [1.29, 1.82) is 0 Å². The van der Waals surface area contributed by atoms with Crippen molar-refractivity contribution in [2.75, 3.05) is 0 Å². The van der Waals surface area contributed by atoms with Crippen LogP contribution >= 0.6 is 43.2 Å². The molecule has 2 aromatic rings. The number of carbonyl (C=O) groups is 1. The van der Waals surface area contributed by atoms with E-state index in [-0.39, 0.29) is 5.91 Å². The lowest BCUT2D eigenvalue weighted by Gasteiger charge is -1.99. The first-order valence-electron chi connectivity index (χ1n) is 4.71. The van der Waals surface area contributed by atoms with Crippen LogP contribution in [0.1, 0.15) is 21.1 Å². The summed E-state index contributed by atoms with van der Waals surface area (Å²) in [6.45, 7) is 2.18. The summed E-state index contributed by atoms with van der Waals surface area (Å²) in [5.74, 6) is 0.515. The molecule has 4 nitrogen and oxygen atoms in total. The Morgan fingerprint density at radius 1 is 1.53 bits per heavy atom. The molecule has 2 heterocycles. The highest BCUT2D eigenvalue weighted by Crippen LogP contribution is 2.32. The topological polar surface area (TPSA) is 55.1 Å². The lowest BCUT2D eigenvalue weighted by molar-refractivity contribution is 0.0951. The van der Waals surface area contributed by atoms with E-state index < -0.39 is 0 Å². The van der Waals surface area contributed by atoms with Crippen LogP contribution in [0.25, 0.3) is 0 Å². The first kappa shape index (κ1) is 12.8. The maximum Gasteiger partial charge on any atom is 0.261 e. The van der Waals surface area contributed by atoms with Gasteiger partial charge in [0.15, 0.2) is 5.76 Å². The molecule has 17 heavy (non-hydrogen) atoms. The number of nitrogens with zero attached hydrogens (tertiary/aromatic N) is 1. The quantitative estimate of drug-likeness (QED) is 0.887. The summed E-state index contributed by atoms with van der Waals surface area (Å²) >= 11 is 8.06. The molecule has 0 fully saturated rings. The highest BCUT2D eigenvalue weighted by Gasteiger charge is 2.12. The van der Waals surface area contributed by atoms with E-state index in [0.29, 0.717) is 17.2 Å². The summed E-state index contributed by atoms with van der Waals surface area (Å²) in [7, 11) is 0. The van der Waals surface area contributed by atoms with E-state index in [4.69, 9.17) is 4.52 Å². The molecule has 0 saturated heterocycles. The summed E-state index contributed by atoms with van der Waals surface area (Å²) < 4.78 is 6.78. The van der Waals surface area contributed by atoms with E-state index in [2.05, 4.69) is 42.3 Å². The zero-order valence-corrected chi connectivity index (χ0v) is 12.8. The molecule has 0 aromatic carbocycles. The largest absolute Gasteiger partial charge is 0.359 e. The molecule has 0 saturated carbocycles. The lowest BCUT2D eigenvalue weighted by Crippen LogP contribution is -2.21. The standard InChI is InChI=1S/C10H8Br2N2O2S/c1-5-2-6(16-14-5)4-13-10(15)8-3-7(11)9(12)17-8/h2-3H,4H2,1H3,(H,13,15). The number of hydrogen-bond donors (Lipinski definition) is 1. The van der Waals surface area contributed by atoms with Gasteiger partial charge >= 0.3 is 0 Å². The number of halogens is 2. The molecule has 7 heteroatoms. The van der Waals surface area contributed by atoms with Crippen LogP contribution in [0, 0.1) is 6.92 Å². The van der Waals surface area contributed by atoms with Crippen molar-refractivity contribution in [1.82, 2.24) is 10.5 Å².